The summed E-state index contributed by atoms with van der Waals surface area (Å²) in [6, 6.07) is 4.21. The summed E-state index contributed by atoms with van der Waals surface area (Å²) in [7, 11) is 1.67. The van der Waals surface area contributed by atoms with Crippen LogP contribution < -0.4 is 17.0 Å². The zero-order valence-electron chi connectivity index (χ0n) is 10.6. The maximum Gasteiger partial charge on any atom is 0.416 e. The van der Waals surface area contributed by atoms with E-state index in [1.165, 1.54) is 23.0 Å². The van der Waals surface area contributed by atoms with Gasteiger partial charge in [0, 0.05) is 12.6 Å². The van der Waals surface area contributed by atoms with E-state index >= 15 is 0 Å². The fraction of sp³-hybridized carbons (Fsp3) is 0.250. The van der Waals surface area contributed by atoms with Gasteiger partial charge in [-0.1, -0.05) is 12.1 Å². The average molecular weight is 285 g/mol. The molecule has 5 nitrogen and oxygen atoms in total. The molecule has 8 heteroatoms. The van der Waals surface area contributed by atoms with Crippen molar-refractivity contribution >= 4 is 5.82 Å². The summed E-state index contributed by atoms with van der Waals surface area (Å²) in [6.07, 6.45) is -2.84. The van der Waals surface area contributed by atoms with E-state index in [4.69, 9.17) is 11.6 Å². The van der Waals surface area contributed by atoms with Gasteiger partial charge in [-0.3, -0.25) is 10.5 Å². The molecule has 0 fully saturated rings. The molecule has 20 heavy (non-hydrogen) atoms. The number of hydrogen-bond donors (Lipinski definition) is 3. The fourth-order valence-corrected chi connectivity index (χ4v) is 1.92. The van der Waals surface area contributed by atoms with E-state index in [0.29, 0.717) is 16.9 Å². The summed E-state index contributed by atoms with van der Waals surface area (Å²) in [5.41, 5.74) is 8.84. The third-order valence-electron chi connectivity index (χ3n) is 3.06. The predicted molar refractivity (Wildman–Crippen MR) is 68.2 cm³/mol. The monoisotopic (exact) mass is 285 g/mol. The first-order valence-electron chi connectivity index (χ1n) is 5.75. The van der Waals surface area contributed by atoms with E-state index in [9.17, 15) is 13.2 Å². The number of aryl methyl sites for hydroxylation is 1. The average Bonchev–Trinajstić information content (AvgIpc) is 2.72. The molecule has 2 aromatic rings. The number of nitrogens with one attached hydrogen (secondary N) is 1. The molecule has 1 unspecified atom stereocenters. The summed E-state index contributed by atoms with van der Waals surface area (Å²) in [4.78, 5) is 0. The first kappa shape index (κ1) is 14.4. The van der Waals surface area contributed by atoms with Crippen LogP contribution in [0.1, 0.15) is 22.7 Å². The van der Waals surface area contributed by atoms with Crippen LogP contribution in [0.3, 0.4) is 0 Å². The van der Waals surface area contributed by atoms with Gasteiger partial charge in [0.1, 0.15) is 5.82 Å². The van der Waals surface area contributed by atoms with Gasteiger partial charge in [-0.25, -0.2) is 5.43 Å². The molecule has 1 aromatic heterocycles. The number of aromatic nitrogens is 2. The highest BCUT2D eigenvalue weighted by atomic mass is 19.4. The van der Waals surface area contributed by atoms with Crippen LogP contribution in [0, 0.1) is 0 Å². The molecule has 2 rings (SSSR count). The second-order valence-electron chi connectivity index (χ2n) is 4.33. The number of nitrogens with two attached hydrogens (primary N) is 2. The lowest BCUT2D eigenvalue weighted by Gasteiger charge is -2.17. The van der Waals surface area contributed by atoms with E-state index in [2.05, 4.69) is 10.5 Å². The first-order chi connectivity index (χ1) is 9.34. The zero-order valence-corrected chi connectivity index (χ0v) is 10.6. The molecule has 0 aliphatic carbocycles. The lowest BCUT2D eigenvalue weighted by Crippen LogP contribution is -2.29. The minimum atomic E-state index is -4.36. The molecule has 0 radical (unpaired) electrons. The number of benzene rings is 1. The number of anilines is 1. The number of nitrogens with zero attached hydrogens (tertiary/aromatic N) is 2. The molecular weight excluding hydrogens is 271 g/mol. The van der Waals surface area contributed by atoms with E-state index < -0.39 is 17.8 Å². The lowest BCUT2D eigenvalue weighted by atomic mass is 10.00. The van der Waals surface area contributed by atoms with Gasteiger partial charge in [0.25, 0.3) is 0 Å². The van der Waals surface area contributed by atoms with Gasteiger partial charge in [-0.2, -0.15) is 18.3 Å². The number of nitrogen functional groups attached to an aromatic ring is 1. The van der Waals surface area contributed by atoms with Crippen LogP contribution in [0.5, 0.6) is 0 Å². The number of hydrazine groups is 1. The van der Waals surface area contributed by atoms with Crippen molar-refractivity contribution in [3.05, 3.63) is 47.2 Å². The number of halogens is 3. The Hall–Kier alpha value is -2.06. The van der Waals surface area contributed by atoms with Crippen molar-refractivity contribution in [2.45, 2.75) is 12.2 Å². The Bertz CT molecular complexity index is 588. The Morgan fingerprint density at radius 2 is 1.85 bits per heavy atom. The van der Waals surface area contributed by atoms with Gasteiger partial charge in [-0.15, -0.1) is 0 Å². The van der Waals surface area contributed by atoms with Gasteiger partial charge in [-0.05, 0) is 17.7 Å². The first-order valence-corrected chi connectivity index (χ1v) is 5.75. The number of alkyl halides is 3. The normalized spacial score (nSPS) is 13.4. The van der Waals surface area contributed by atoms with Crippen LogP contribution in [0.15, 0.2) is 30.5 Å². The maximum absolute atomic E-state index is 12.5. The SMILES string of the molecule is Cn1ncc(C(NN)c2ccc(C(F)(F)F)cc2)c1N. The van der Waals surface area contributed by atoms with Crippen molar-refractivity contribution in [1.82, 2.24) is 15.2 Å². The van der Waals surface area contributed by atoms with Crippen LogP contribution in [0.2, 0.25) is 0 Å². The molecule has 0 spiro atoms. The largest absolute Gasteiger partial charge is 0.416 e. The van der Waals surface area contributed by atoms with Crippen molar-refractivity contribution in [3.63, 3.8) is 0 Å². The summed E-state index contributed by atoms with van der Waals surface area (Å²) in [6.45, 7) is 0. The molecule has 108 valence electrons. The van der Waals surface area contributed by atoms with E-state index in [0.717, 1.165) is 12.1 Å². The molecular formula is C12H14F3N5. The van der Waals surface area contributed by atoms with Crippen LogP contribution in [0.4, 0.5) is 19.0 Å². The zero-order chi connectivity index (χ0) is 14.9. The summed E-state index contributed by atoms with van der Waals surface area (Å²) >= 11 is 0. The Morgan fingerprint density at radius 3 is 2.25 bits per heavy atom. The fourth-order valence-electron chi connectivity index (χ4n) is 1.92. The van der Waals surface area contributed by atoms with E-state index in [1.807, 2.05) is 0 Å². The highest BCUT2D eigenvalue weighted by Gasteiger charge is 2.30. The van der Waals surface area contributed by atoms with Crippen LogP contribution in [0.25, 0.3) is 0 Å². The highest BCUT2D eigenvalue weighted by molar-refractivity contribution is 5.45. The minimum absolute atomic E-state index is 0.396. The molecule has 1 heterocycles. The van der Waals surface area contributed by atoms with Crippen molar-refractivity contribution in [2.75, 3.05) is 5.73 Å². The van der Waals surface area contributed by atoms with Crippen LogP contribution in [-0.2, 0) is 13.2 Å². The van der Waals surface area contributed by atoms with Gasteiger partial charge in [0.05, 0.1) is 17.8 Å². The van der Waals surface area contributed by atoms with Crippen molar-refractivity contribution in [3.8, 4) is 0 Å². The molecule has 1 atom stereocenters. The smallest absolute Gasteiger partial charge is 0.384 e. The molecule has 1 aromatic carbocycles. The summed E-state index contributed by atoms with van der Waals surface area (Å²) in [5.74, 6) is 5.87. The van der Waals surface area contributed by atoms with Crippen LogP contribution in [-0.4, -0.2) is 9.78 Å². The lowest BCUT2D eigenvalue weighted by molar-refractivity contribution is -0.137. The Kier molecular flexibility index (Phi) is 3.69. The van der Waals surface area contributed by atoms with Crippen molar-refractivity contribution < 1.29 is 13.2 Å². The summed E-state index contributed by atoms with van der Waals surface area (Å²) in [5, 5.41) is 3.98. The third-order valence-corrected chi connectivity index (χ3v) is 3.06. The van der Waals surface area contributed by atoms with Gasteiger partial charge in [0.2, 0.25) is 0 Å². The standard InChI is InChI=1S/C12H14F3N5/c1-20-11(16)9(6-18-20)10(19-17)7-2-4-8(5-3-7)12(13,14)15/h2-6,10,19H,16-17H2,1H3. The number of rotatable bonds is 3. The second kappa shape index (κ2) is 5.14. The van der Waals surface area contributed by atoms with Gasteiger partial charge >= 0.3 is 6.18 Å². The van der Waals surface area contributed by atoms with E-state index in [1.54, 1.807) is 7.05 Å². The van der Waals surface area contributed by atoms with Crippen molar-refractivity contribution in [2.24, 2.45) is 12.9 Å². The minimum Gasteiger partial charge on any atom is -0.384 e. The van der Waals surface area contributed by atoms with Crippen LogP contribution >= 0.6 is 0 Å². The molecule has 0 saturated carbocycles. The molecule has 0 amide bonds. The Labute approximate surface area is 113 Å². The Balaban J connectivity index is 2.36. The third kappa shape index (κ3) is 2.61. The van der Waals surface area contributed by atoms with Gasteiger partial charge in [0.15, 0.2) is 0 Å². The van der Waals surface area contributed by atoms with Gasteiger partial charge < -0.3 is 5.73 Å². The molecule has 0 aliphatic rings. The topological polar surface area (TPSA) is 81.9 Å². The predicted octanol–water partition coefficient (Wildman–Crippen LogP) is 1.57. The quantitative estimate of drug-likeness (QED) is 0.590. The molecule has 5 N–H and O–H groups in total. The van der Waals surface area contributed by atoms with E-state index in [-0.39, 0.29) is 0 Å². The summed E-state index contributed by atoms with van der Waals surface area (Å²) < 4.78 is 39.0. The maximum atomic E-state index is 12.5. The molecule has 0 saturated heterocycles. The second-order valence-corrected chi connectivity index (χ2v) is 4.33. The Morgan fingerprint density at radius 1 is 1.25 bits per heavy atom. The number of hydrogen-bond acceptors (Lipinski definition) is 4. The molecule has 0 bridgehead atoms. The highest BCUT2D eigenvalue weighted by Crippen LogP contribution is 2.31. The molecule has 0 aliphatic heterocycles. The van der Waals surface area contributed by atoms with Crippen molar-refractivity contribution in [1.29, 1.82) is 0 Å².